The van der Waals surface area contributed by atoms with Crippen LogP contribution in [0.5, 0.6) is 0 Å². The van der Waals surface area contributed by atoms with Gasteiger partial charge in [0.2, 0.25) is 0 Å². The fraction of sp³-hybridized carbons (Fsp3) is 0.222. The fourth-order valence-corrected chi connectivity index (χ4v) is 2.13. The molecule has 0 aliphatic carbocycles. The van der Waals surface area contributed by atoms with Crippen LogP contribution < -0.4 is 5.32 Å². The van der Waals surface area contributed by atoms with E-state index < -0.39 is 54.8 Å². The quantitative estimate of drug-likeness (QED) is 0.353. The molecule has 12 nitrogen and oxygen atoms in total. The highest BCUT2D eigenvalue weighted by molar-refractivity contribution is 7.85. The lowest BCUT2D eigenvalue weighted by Gasteiger charge is -2.14. The average molecular weight is 335 g/mol. The van der Waals surface area contributed by atoms with E-state index in [-0.39, 0.29) is 0 Å². The first-order valence-electron chi connectivity index (χ1n) is 5.38. The molecule has 0 fully saturated rings. The first-order chi connectivity index (χ1) is 10.0. The molecule has 0 bridgehead atoms. The van der Waals surface area contributed by atoms with Gasteiger partial charge in [0.1, 0.15) is 17.5 Å². The van der Waals surface area contributed by atoms with Crippen LogP contribution in [0.2, 0.25) is 0 Å². The summed E-state index contributed by atoms with van der Waals surface area (Å²) in [4.78, 5) is 30.5. The standard InChI is InChI=1S/C9H9N3O9S/c13-9(14)7(4-22(19,20)21)10-6-2-1-5(11(15)16)3-8(6)12(17)18/h1-3,7,10H,4H2,(H,13,14)(H,19,20,21)/t7-/m0/s1. The van der Waals surface area contributed by atoms with E-state index in [1.807, 2.05) is 5.32 Å². The first kappa shape index (κ1) is 17.3. The highest BCUT2D eigenvalue weighted by Gasteiger charge is 2.27. The van der Waals surface area contributed by atoms with Crippen molar-refractivity contribution in [2.45, 2.75) is 6.04 Å². The molecule has 0 saturated heterocycles. The first-order valence-corrected chi connectivity index (χ1v) is 6.99. The van der Waals surface area contributed by atoms with Crippen molar-refractivity contribution in [3.05, 3.63) is 38.4 Å². The summed E-state index contributed by atoms with van der Waals surface area (Å²) >= 11 is 0. The molecule has 1 atom stereocenters. The number of nitrogens with one attached hydrogen (secondary N) is 1. The third-order valence-electron chi connectivity index (χ3n) is 2.39. The second-order valence-corrected chi connectivity index (χ2v) is 5.50. The van der Waals surface area contributed by atoms with E-state index in [9.17, 15) is 33.4 Å². The summed E-state index contributed by atoms with van der Waals surface area (Å²) in [7, 11) is -4.66. The topological polar surface area (TPSA) is 190 Å². The van der Waals surface area contributed by atoms with E-state index in [4.69, 9.17) is 9.66 Å². The Kier molecular flexibility index (Phi) is 4.95. The second-order valence-electron chi connectivity index (χ2n) is 4.00. The van der Waals surface area contributed by atoms with Crippen LogP contribution in [0.4, 0.5) is 17.1 Å². The third kappa shape index (κ3) is 4.64. The number of carboxylic acids is 1. The van der Waals surface area contributed by atoms with Crippen molar-refractivity contribution >= 4 is 33.1 Å². The lowest BCUT2D eigenvalue weighted by atomic mass is 10.2. The Bertz CT molecular complexity index is 730. The van der Waals surface area contributed by atoms with Gasteiger partial charge in [-0.05, 0) is 6.07 Å². The van der Waals surface area contributed by atoms with Crippen LogP contribution in [0.25, 0.3) is 0 Å². The second kappa shape index (κ2) is 6.31. The van der Waals surface area contributed by atoms with E-state index in [1.165, 1.54) is 0 Å². The maximum Gasteiger partial charge on any atom is 0.327 e. The number of aliphatic carboxylic acids is 1. The maximum atomic E-state index is 10.9. The number of anilines is 1. The predicted molar refractivity (Wildman–Crippen MR) is 71.2 cm³/mol. The molecule has 3 N–H and O–H groups in total. The van der Waals surface area contributed by atoms with Gasteiger partial charge in [0.25, 0.3) is 21.5 Å². The van der Waals surface area contributed by atoms with Crippen molar-refractivity contribution in [3.8, 4) is 0 Å². The summed E-state index contributed by atoms with van der Waals surface area (Å²) in [5.41, 5.74) is -1.85. The SMILES string of the molecule is O=C(O)[C@H](CS(=O)(=O)O)Nc1ccc([N+](=O)[O-])cc1[N+](=O)[O-]. The summed E-state index contributed by atoms with van der Waals surface area (Å²) in [6, 6.07) is 0.460. The molecule has 0 aromatic heterocycles. The highest BCUT2D eigenvalue weighted by Crippen LogP contribution is 2.29. The van der Waals surface area contributed by atoms with Crippen LogP contribution in [0, 0.1) is 20.2 Å². The molecule has 0 heterocycles. The van der Waals surface area contributed by atoms with E-state index in [1.54, 1.807) is 0 Å². The number of nitro groups is 2. The van der Waals surface area contributed by atoms with Gasteiger partial charge in [0.05, 0.1) is 15.9 Å². The van der Waals surface area contributed by atoms with Crippen molar-refractivity contribution in [1.82, 2.24) is 0 Å². The molecule has 0 unspecified atom stereocenters. The van der Waals surface area contributed by atoms with Gasteiger partial charge in [-0.3, -0.25) is 24.8 Å². The molecule has 13 heteroatoms. The van der Waals surface area contributed by atoms with Crippen LogP contribution in [0.3, 0.4) is 0 Å². The zero-order chi connectivity index (χ0) is 17.1. The van der Waals surface area contributed by atoms with Crippen LogP contribution in [-0.4, -0.2) is 45.7 Å². The Hall–Kier alpha value is -2.80. The van der Waals surface area contributed by atoms with Gasteiger partial charge in [0, 0.05) is 6.07 Å². The Morgan fingerprint density at radius 1 is 1.27 bits per heavy atom. The normalized spacial score (nSPS) is 12.4. The maximum absolute atomic E-state index is 10.9. The zero-order valence-electron chi connectivity index (χ0n) is 10.6. The number of carbonyl (C=O) groups is 1. The summed E-state index contributed by atoms with van der Waals surface area (Å²) < 4.78 is 30.1. The van der Waals surface area contributed by atoms with Crippen molar-refractivity contribution < 1.29 is 32.7 Å². The van der Waals surface area contributed by atoms with E-state index in [2.05, 4.69) is 0 Å². The van der Waals surface area contributed by atoms with E-state index >= 15 is 0 Å². The van der Waals surface area contributed by atoms with Crippen LogP contribution in [0.1, 0.15) is 0 Å². The lowest BCUT2D eigenvalue weighted by Crippen LogP contribution is -2.36. The van der Waals surface area contributed by atoms with Crippen LogP contribution >= 0.6 is 0 Å². The molecule has 1 aromatic carbocycles. The molecule has 0 spiro atoms. The van der Waals surface area contributed by atoms with Crippen LogP contribution in [0.15, 0.2) is 18.2 Å². The van der Waals surface area contributed by atoms with Crippen LogP contribution in [-0.2, 0) is 14.9 Å². The van der Waals surface area contributed by atoms with Gasteiger partial charge in [-0.15, -0.1) is 0 Å². The number of rotatable bonds is 7. The van der Waals surface area contributed by atoms with E-state index in [0.717, 1.165) is 12.1 Å². The fourth-order valence-electron chi connectivity index (χ4n) is 1.48. The minimum absolute atomic E-state index is 0.438. The minimum atomic E-state index is -4.66. The number of carboxylic acid groups (broad SMARTS) is 1. The van der Waals surface area contributed by atoms with Gasteiger partial charge in [-0.1, -0.05) is 0 Å². The van der Waals surface area contributed by atoms with Crippen molar-refractivity contribution in [1.29, 1.82) is 0 Å². The molecule has 1 aromatic rings. The van der Waals surface area contributed by atoms with Gasteiger partial charge in [-0.25, -0.2) is 4.79 Å². The predicted octanol–water partition coefficient (Wildman–Crippen LogP) is 0.256. The smallest absolute Gasteiger partial charge is 0.327 e. The van der Waals surface area contributed by atoms with Gasteiger partial charge >= 0.3 is 5.97 Å². The molecule has 0 aliphatic rings. The molecule has 0 radical (unpaired) electrons. The number of nitrogens with zero attached hydrogens (tertiary/aromatic N) is 2. The molecule has 0 saturated carbocycles. The highest BCUT2D eigenvalue weighted by atomic mass is 32.2. The Morgan fingerprint density at radius 3 is 2.27 bits per heavy atom. The third-order valence-corrected chi connectivity index (χ3v) is 3.15. The summed E-state index contributed by atoms with van der Waals surface area (Å²) in [5, 5.41) is 32.3. The van der Waals surface area contributed by atoms with Gasteiger partial charge in [-0.2, -0.15) is 8.42 Å². The largest absolute Gasteiger partial charge is 0.480 e. The Morgan fingerprint density at radius 2 is 1.86 bits per heavy atom. The van der Waals surface area contributed by atoms with Gasteiger partial charge in [0.15, 0.2) is 0 Å². The van der Waals surface area contributed by atoms with E-state index in [0.29, 0.717) is 6.07 Å². The lowest BCUT2D eigenvalue weighted by molar-refractivity contribution is -0.393. The number of hydrogen-bond donors (Lipinski definition) is 3. The molecular weight excluding hydrogens is 326 g/mol. The monoisotopic (exact) mass is 335 g/mol. The minimum Gasteiger partial charge on any atom is -0.480 e. The molecule has 22 heavy (non-hydrogen) atoms. The number of non-ortho nitro benzene ring substituents is 1. The van der Waals surface area contributed by atoms with Crippen molar-refractivity contribution in [3.63, 3.8) is 0 Å². The molecule has 120 valence electrons. The average Bonchev–Trinajstić information content (AvgIpc) is 2.36. The van der Waals surface area contributed by atoms with Crippen molar-refractivity contribution in [2.75, 3.05) is 11.1 Å². The Labute approximate surface area is 122 Å². The Balaban J connectivity index is 3.22. The number of benzene rings is 1. The summed E-state index contributed by atoms with van der Waals surface area (Å²) in [5.74, 6) is -2.93. The molecule has 1 rings (SSSR count). The summed E-state index contributed by atoms with van der Waals surface area (Å²) in [6.45, 7) is 0. The van der Waals surface area contributed by atoms with Gasteiger partial charge < -0.3 is 10.4 Å². The number of hydrogen-bond acceptors (Lipinski definition) is 8. The molecule has 0 aliphatic heterocycles. The zero-order valence-corrected chi connectivity index (χ0v) is 11.4. The summed E-state index contributed by atoms with van der Waals surface area (Å²) in [6.07, 6.45) is 0. The molecular formula is C9H9N3O9S. The van der Waals surface area contributed by atoms with Crippen molar-refractivity contribution in [2.24, 2.45) is 0 Å². The number of nitro benzene ring substituents is 2. The molecule has 0 amide bonds.